The van der Waals surface area contributed by atoms with Gasteiger partial charge in [0.25, 0.3) is 6.43 Å². The second-order valence-electron chi connectivity index (χ2n) is 5.69. The summed E-state index contributed by atoms with van der Waals surface area (Å²) in [5.41, 5.74) is 1.12. The number of β-amino-alcohol motifs (C(OH)–C–C–N with tert-alkyl or cyclic N) is 1. The number of hydrogen-bond acceptors (Lipinski definition) is 3. The zero-order valence-corrected chi connectivity index (χ0v) is 12.3. The molecule has 0 radical (unpaired) electrons. The summed E-state index contributed by atoms with van der Waals surface area (Å²) < 4.78 is 24.8. The van der Waals surface area contributed by atoms with E-state index < -0.39 is 12.5 Å². The van der Waals surface area contributed by atoms with E-state index in [-0.39, 0.29) is 6.54 Å². The average Bonchev–Trinajstić information content (AvgIpc) is 2.65. The van der Waals surface area contributed by atoms with Gasteiger partial charge in [0.05, 0.1) is 12.6 Å². The van der Waals surface area contributed by atoms with Crippen molar-refractivity contribution in [2.45, 2.75) is 25.4 Å². The second kappa shape index (κ2) is 8.41. The Bertz CT molecular complexity index is 403. The standard InChI is InChI=1S/C16H24F2N2O/c17-16(18)13-20-8-4-7-19(9-10-20)12-15(21)11-14-5-2-1-3-6-14/h1-3,5-6,15-16,21H,4,7-13H2. The van der Waals surface area contributed by atoms with Crippen LogP contribution in [-0.4, -0.2) is 66.7 Å². The Morgan fingerprint density at radius 2 is 1.57 bits per heavy atom. The molecule has 0 saturated carbocycles. The highest BCUT2D eigenvalue weighted by molar-refractivity contribution is 5.15. The predicted molar refractivity (Wildman–Crippen MR) is 79.7 cm³/mol. The summed E-state index contributed by atoms with van der Waals surface area (Å²) in [6, 6.07) is 9.92. The van der Waals surface area contributed by atoms with Gasteiger partial charge in [0.1, 0.15) is 0 Å². The molecule has 1 heterocycles. The Balaban J connectivity index is 1.75. The van der Waals surface area contributed by atoms with E-state index >= 15 is 0 Å². The average molecular weight is 298 g/mol. The van der Waals surface area contributed by atoms with E-state index in [1.54, 1.807) is 0 Å². The van der Waals surface area contributed by atoms with Gasteiger partial charge in [-0.25, -0.2) is 8.78 Å². The first kappa shape index (κ1) is 16.3. The summed E-state index contributed by atoms with van der Waals surface area (Å²) in [5, 5.41) is 10.2. The first-order valence-electron chi connectivity index (χ1n) is 7.58. The van der Waals surface area contributed by atoms with Gasteiger partial charge in [-0.05, 0) is 31.5 Å². The number of nitrogens with zero attached hydrogens (tertiary/aromatic N) is 2. The van der Waals surface area contributed by atoms with E-state index in [4.69, 9.17) is 0 Å². The Kier molecular flexibility index (Phi) is 6.54. The molecule has 2 rings (SSSR count). The molecule has 3 nitrogen and oxygen atoms in total. The van der Waals surface area contributed by atoms with Crippen LogP contribution in [0.25, 0.3) is 0 Å². The number of rotatable bonds is 6. The maximum atomic E-state index is 12.4. The lowest BCUT2D eigenvalue weighted by Gasteiger charge is -2.24. The van der Waals surface area contributed by atoms with Gasteiger partial charge in [-0.1, -0.05) is 30.3 Å². The highest BCUT2D eigenvalue weighted by atomic mass is 19.3. The first-order valence-corrected chi connectivity index (χ1v) is 7.58. The largest absolute Gasteiger partial charge is 0.391 e. The van der Waals surface area contributed by atoms with E-state index in [2.05, 4.69) is 4.90 Å². The molecule has 1 N–H and O–H groups in total. The van der Waals surface area contributed by atoms with Crippen molar-refractivity contribution in [3.05, 3.63) is 35.9 Å². The van der Waals surface area contributed by atoms with E-state index in [1.807, 2.05) is 35.2 Å². The van der Waals surface area contributed by atoms with Crippen LogP contribution < -0.4 is 0 Å². The number of aliphatic hydroxyl groups excluding tert-OH is 1. The number of alkyl halides is 2. The van der Waals surface area contributed by atoms with Gasteiger partial charge >= 0.3 is 0 Å². The van der Waals surface area contributed by atoms with Gasteiger partial charge in [-0.15, -0.1) is 0 Å². The highest BCUT2D eigenvalue weighted by Gasteiger charge is 2.19. The molecule has 5 heteroatoms. The molecule has 0 amide bonds. The number of aliphatic hydroxyl groups is 1. The number of halogens is 2. The zero-order valence-electron chi connectivity index (χ0n) is 12.3. The van der Waals surface area contributed by atoms with Crippen LogP contribution in [0.3, 0.4) is 0 Å². The van der Waals surface area contributed by atoms with Crippen molar-refractivity contribution < 1.29 is 13.9 Å². The summed E-state index contributed by atoms with van der Waals surface area (Å²) >= 11 is 0. The lowest BCUT2D eigenvalue weighted by Crippen LogP contribution is -2.37. The van der Waals surface area contributed by atoms with Gasteiger partial charge in [-0.2, -0.15) is 0 Å². The molecule has 1 aromatic carbocycles. The fourth-order valence-electron chi connectivity index (χ4n) is 2.83. The molecule has 0 aliphatic carbocycles. The Morgan fingerprint density at radius 3 is 2.19 bits per heavy atom. The van der Waals surface area contributed by atoms with E-state index in [0.29, 0.717) is 19.5 Å². The van der Waals surface area contributed by atoms with Crippen molar-refractivity contribution in [2.24, 2.45) is 0 Å². The lowest BCUT2D eigenvalue weighted by atomic mass is 10.1. The zero-order chi connectivity index (χ0) is 15.1. The maximum Gasteiger partial charge on any atom is 0.251 e. The SMILES string of the molecule is OC(Cc1ccccc1)CN1CCCN(CC(F)F)CC1. The van der Waals surface area contributed by atoms with Crippen molar-refractivity contribution in [3.63, 3.8) is 0 Å². The molecule has 0 bridgehead atoms. The maximum absolute atomic E-state index is 12.4. The van der Waals surface area contributed by atoms with Crippen LogP contribution in [-0.2, 0) is 6.42 Å². The molecule has 1 aliphatic heterocycles. The smallest absolute Gasteiger partial charge is 0.251 e. The fourth-order valence-corrected chi connectivity index (χ4v) is 2.83. The van der Waals surface area contributed by atoms with Crippen molar-refractivity contribution in [3.8, 4) is 0 Å². The van der Waals surface area contributed by atoms with Crippen LogP contribution in [0.4, 0.5) is 8.78 Å². The quantitative estimate of drug-likeness (QED) is 0.868. The minimum Gasteiger partial charge on any atom is -0.391 e. The van der Waals surface area contributed by atoms with Crippen LogP contribution in [0.5, 0.6) is 0 Å². The normalized spacial score (nSPS) is 19.6. The van der Waals surface area contributed by atoms with Crippen molar-refractivity contribution in [1.29, 1.82) is 0 Å². The third-order valence-corrected chi connectivity index (χ3v) is 3.86. The summed E-state index contributed by atoms with van der Waals surface area (Å²) in [4.78, 5) is 3.99. The number of hydrogen-bond donors (Lipinski definition) is 1. The van der Waals surface area contributed by atoms with Gasteiger partial charge in [0, 0.05) is 19.6 Å². The van der Waals surface area contributed by atoms with Crippen LogP contribution in [0.2, 0.25) is 0 Å². The molecule has 118 valence electrons. The van der Waals surface area contributed by atoms with E-state index in [0.717, 1.165) is 31.6 Å². The summed E-state index contributed by atoms with van der Waals surface area (Å²) in [7, 11) is 0. The van der Waals surface area contributed by atoms with Gasteiger partial charge in [0.2, 0.25) is 0 Å². The lowest BCUT2D eigenvalue weighted by molar-refractivity contribution is 0.0861. The molecular weight excluding hydrogens is 274 g/mol. The monoisotopic (exact) mass is 298 g/mol. The minimum absolute atomic E-state index is 0.138. The van der Waals surface area contributed by atoms with Crippen molar-refractivity contribution in [2.75, 3.05) is 39.3 Å². The molecular formula is C16H24F2N2O. The molecule has 0 spiro atoms. The highest BCUT2D eigenvalue weighted by Crippen LogP contribution is 2.09. The molecule has 1 saturated heterocycles. The van der Waals surface area contributed by atoms with Gasteiger partial charge < -0.3 is 5.11 Å². The predicted octanol–water partition coefficient (Wildman–Crippen LogP) is 1.86. The Labute approximate surface area is 125 Å². The van der Waals surface area contributed by atoms with Crippen molar-refractivity contribution in [1.82, 2.24) is 9.80 Å². The van der Waals surface area contributed by atoms with Crippen LogP contribution >= 0.6 is 0 Å². The summed E-state index contributed by atoms with van der Waals surface area (Å²) in [5.74, 6) is 0. The van der Waals surface area contributed by atoms with Crippen LogP contribution in [0.1, 0.15) is 12.0 Å². The molecule has 1 aliphatic rings. The van der Waals surface area contributed by atoms with E-state index in [9.17, 15) is 13.9 Å². The molecule has 1 atom stereocenters. The fraction of sp³-hybridized carbons (Fsp3) is 0.625. The minimum atomic E-state index is -2.26. The molecule has 21 heavy (non-hydrogen) atoms. The summed E-state index contributed by atoms with van der Waals surface area (Å²) in [6.07, 6.45) is -1.16. The van der Waals surface area contributed by atoms with Crippen molar-refractivity contribution >= 4 is 0 Å². The second-order valence-corrected chi connectivity index (χ2v) is 5.69. The molecule has 1 aromatic rings. The van der Waals surface area contributed by atoms with E-state index in [1.165, 1.54) is 0 Å². The topological polar surface area (TPSA) is 26.7 Å². The molecule has 1 fully saturated rings. The number of benzene rings is 1. The third kappa shape index (κ3) is 6.08. The Morgan fingerprint density at radius 1 is 0.952 bits per heavy atom. The Hall–Kier alpha value is -1.04. The molecule has 1 unspecified atom stereocenters. The first-order chi connectivity index (χ1) is 10.1. The molecule has 0 aromatic heterocycles. The van der Waals surface area contributed by atoms with Gasteiger partial charge in [0.15, 0.2) is 0 Å². The summed E-state index contributed by atoms with van der Waals surface area (Å²) in [6.45, 7) is 3.46. The van der Waals surface area contributed by atoms with Crippen LogP contribution in [0.15, 0.2) is 30.3 Å². The van der Waals surface area contributed by atoms with Crippen LogP contribution in [0, 0.1) is 0 Å². The van der Waals surface area contributed by atoms with Gasteiger partial charge in [-0.3, -0.25) is 9.80 Å². The third-order valence-electron chi connectivity index (χ3n) is 3.86.